The second-order valence-electron chi connectivity index (χ2n) is 5.94. The quantitative estimate of drug-likeness (QED) is 0.712. The van der Waals surface area contributed by atoms with Gasteiger partial charge in [-0.25, -0.2) is 4.39 Å². The zero-order valence-corrected chi connectivity index (χ0v) is 13.6. The summed E-state index contributed by atoms with van der Waals surface area (Å²) in [6, 6.07) is 2.95. The first-order valence-electron chi connectivity index (χ1n) is 7.37. The lowest BCUT2D eigenvalue weighted by molar-refractivity contribution is 0.242. The predicted octanol–water partition coefficient (Wildman–Crippen LogP) is 5.61. The molecule has 0 radical (unpaired) electrons. The maximum absolute atomic E-state index is 13.6. The zero-order valence-electron chi connectivity index (χ0n) is 12.1. The van der Waals surface area contributed by atoms with Crippen molar-refractivity contribution in [2.75, 3.05) is 6.54 Å². The van der Waals surface area contributed by atoms with E-state index in [1.165, 1.54) is 37.8 Å². The van der Waals surface area contributed by atoms with Gasteiger partial charge in [-0.1, -0.05) is 49.4 Å². The fraction of sp³-hybridized carbons (Fsp3) is 0.625. The molecular weight excluding hydrogens is 296 g/mol. The van der Waals surface area contributed by atoms with Crippen molar-refractivity contribution in [1.82, 2.24) is 5.32 Å². The van der Waals surface area contributed by atoms with Gasteiger partial charge < -0.3 is 5.32 Å². The first-order chi connectivity index (χ1) is 9.49. The van der Waals surface area contributed by atoms with Gasteiger partial charge in [-0.2, -0.15) is 0 Å². The van der Waals surface area contributed by atoms with Crippen molar-refractivity contribution in [3.63, 3.8) is 0 Å². The molecule has 1 aromatic rings. The molecule has 2 rings (SSSR count). The summed E-state index contributed by atoms with van der Waals surface area (Å²) in [6.45, 7) is 5.30. The Labute approximate surface area is 130 Å². The van der Waals surface area contributed by atoms with Crippen molar-refractivity contribution < 1.29 is 4.39 Å². The minimum absolute atomic E-state index is 0.0309. The van der Waals surface area contributed by atoms with E-state index in [0.717, 1.165) is 18.0 Å². The lowest BCUT2D eigenvalue weighted by Crippen LogP contribution is -2.31. The molecule has 0 spiro atoms. The number of nitrogens with one attached hydrogen (secondary N) is 1. The van der Waals surface area contributed by atoms with E-state index in [0.29, 0.717) is 10.9 Å². The third-order valence-corrected chi connectivity index (χ3v) is 5.10. The molecule has 4 heteroatoms. The third-order valence-electron chi connectivity index (χ3n) is 4.48. The highest BCUT2D eigenvalue weighted by Crippen LogP contribution is 2.31. The Morgan fingerprint density at radius 1 is 1.25 bits per heavy atom. The van der Waals surface area contributed by atoms with E-state index in [1.807, 2.05) is 6.92 Å². The summed E-state index contributed by atoms with van der Waals surface area (Å²) in [5.74, 6) is 1.06. The van der Waals surface area contributed by atoms with Crippen LogP contribution in [-0.2, 0) is 0 Å². The summed E-state index contributed by atoms with van der Waals surface area (Å²) in [5, 5.41) is 4.09. The van der Waals surface area contributed by atoms with Crippen LogP contribution in [0.3, 0.4) is 0 Å². The second kappa shape index (κ2) is 7.11. The van der Waals surface area contributed by atoms with E-state index < -0.39 is 5.82 Å². The first kappa shape index (κ1) is 16.1. The Morgan fingerprint density at radius 2 is 1.95 bits per heavy atom. The van der Waals surface area contributed by atoms with E-state index >= 15 is 0 Å². The minimum atomic E-state index is -0.411. The molecule has 0 bridgehead atoms. The molecule has 0 aromatic heterocycles. The molecule has 1 N–H and O–H groups in total. The summed E-state index contributed by atoms with van der Waals surface area (Å²) < 4.78 is 13.6. The van der Waals surface area contributed by atoms with Crippen LogP contribution in [0.5, 0.6) is 0 Å². The van der Waals surface area contributed by atoms with Gasteiger partial charge in [0.25, 0.3) is 0 Å². The van der Waals surface area contributed by atoms with Gasteiger partial charge in [0, 0.05) is 11.1 Å². The van der Waals surface area contributed by atoms with Crippen LogP contribution >= 0.6 is 23.2 Å². The second-order valence-corrected chi connectivity index (χ2v) is 6.75. The highest BCUT2D eigenvalue weighted by atomic mass is 35.5. The van der Waals surface area contributed by atoms with E-state index in [2.05, 4.69) is 12.2 Å². The highest BCUT2D eigenvalue weighted by molar-refractivity contribution is 6.35. The average Bonchev–Trinajstić information content (AvgIpc) is 2.41. The third kappa shape index (κ3) is 3.87. The molecule has 0 amide bonds. The van der Waals surface area contributed by atoms with Crippen LogP contribution in [0.4, 0.5) is 4.39 Å². The molecule has 3 unspecified atom stereocenters. The molecule has 112 valence electrons. The number of rotatable bonds is 4. The topological polar surface area (TPSA) is 12.0 Å². The summed E-state index contributed by atoms with van der Waals surface area (Å²) >= 11 is 11.9. The van der Waals surface area contributed by atoms with Crippen LogP contribution < -0.4 is 5.32 Å². The molecule has 1 saturated carbocycles. The number of benzene rings is 1. The van der Waals surface area contributed by atoms with E-state index in [1.54, 1.807) is 0 Å². The summed E-state index contributed by atoms with van der Waals surface area (Å²) in [4.78, 5) is 0. The molecular formula is C16H22Cl2FN. The van der Waals surface area contributed by atoms with Crippen LogP contribution in [0.2, 0.25) is 10.0 Å². The van der Waals surface area contributed by atoms with Crippen molar-refractivity contribution >= 4 is 23.2 Å². The molecule has 0 heterocycles. The van der Waals surface area contributed by atoms with Crippen molar-refractivity contribution in [1.29, 1.82) is 0 Å². The van der Waals surface area contributed by atoms with Gasteiger partial charge in [-0.05, 0) is 49.4 Å². The Bertz CT molecular complexity index is 464. The SMILES string of the molecule is CC(NCC1CCCCC1C)c1cc(F)c(Cl)cc1Cl. The summed E-state index contributed by atoms with van der Waals surface area (Å²) in [6.07, 6.45) is 5.27. The lowest BCUT2D eigenvalue weighted by atomic mass is 9.80. The normalized spacial score (nSPS) is 24.6. The Balaban J connectivity index is 1.97. The smallest absolute Gasteiger partial charge is 0.142 e. The molecule has 1 aliphatic carbocycles. The zero-order chi connectivity index (χ0) is 14.7. The van der Waals surface area contributed by atoms with Gasteiger partial charge in [0.05, 0.1) is 5.02 Å². The number of hydrogen-bond donors (Lipinski definition) is 1. The van der Waals surface area contributed by atoms with Crippen LogP contribution in [0.25, 0.3) is 0 Å². The van der Waals surface area contributed by atoms with Crippen molar-refractivity contribution in [2.45, 2.75) is 45.6 Å². The van der Waals surface area contributed by atoms with Crippen LogP contribution in [-0.4, -0.2) is 6.54 Å². The van der Waals surface area contributed by atoms with Crippen LogP contribution in [0, 0.1) is 17.7 Å². The molecule has 0 aliphatic heterocycles. The first-order valence-corrected chi connectivity index (χ1v) is 8.12. The molecule has 1 aliphatic rings. The van der Waals surface area contributed by atoms with Crippen molar-refractivity contribution in [3.8, 4) is 0 Å². The number of hydrogen-bond acceptors (Lipinski definition) is 1. The molecule has 3 atom stereocenters. The molecule has 1 nitrogen and oxygen atoms in total. The largest absolute Gasteiger partial charge is 0.310 e. The van der Waals surface area contributed by atoms with Gasteiger partial charge in [0.2, 0.25) is 0 Å². The Morgan fingerprint density at radius 3 is 2.65 bits per heavy atom. The van der Waals surface area contributed by atoms with E-state index in [4.69, 9.17) is 23.2 Å². The van der Waals surface area contributed by atoms with E-state index in [9.17, 15) is 4.39 Å². The van der Waals surface area contributed by atoms with Gasteiger partial charge in [-0.3, -0.25) is 0 Å². The summed E-state index contributed by atoms with van der Waals surface area (Å²) in [5.41, 5.74) is 0.775. The van der Waals surface area contributed by atoms with Gasteiger partial charge in [0.15, 0.2) is 0 Å². The monoisotopic (exact) mass is 317 g/mol. The highest BCUT2D eigenvalue weighted by Gasteiger charge is 2.22. The van der Waals surface area contributed by atoms with Gasteiger partial charge in [0.1, 0.15) is 5.82 Å². The fourth-order valence-corrected chi connectivity index (χ4v) is 3.55. The predicted molar refractivity (Wildman–Crippen MR) is 84.0 cm³/mol. The van der Waals surface area contributed by atoms with Gasteiger partial charge >= 0.3 is 0 Å². The summed E-state index contributed by atoms with van der Waals surface area (Å²) in [7, 11) is 0. The molecule has 20 heavy (non-hydrogen) atoms. The van der Waals surface area contributed by atoms with E-state index in [-0.39, 0.29) is 11.1 Å². The minimum Gasteiger partial charge on any atom is -0.310 e. The van der Waals surface area contributed by atoms with Crippen LogP contribution in [0.1, 0.15) is 51.1 Å². The lowest BCUT2D eigenvalue weighted by Gasteiger charge is -2.30. The Hall–Kier alpha value is -0.310. The maximum atomic E-state index is 13.6. The molecule has 1 fully saturated rings. The maximum Gasteiger partial charge on any atom is 0.142 e. The number of halogens is 3. The van der Waals surface area contributed by atoms with Gasteiger partial charge in [-0.15, -0.1) is 0 Å². The average molecular weight is 318 g/mol. The van der Waals surface area contributed by atoms with Crippen LogP contribution in [0.15, 0.2) is 12.1 Å². The fourth-order valence-electron chi connectivity index (χ4n) is 3.00. The molecule has 0 saturated heterocycles. The van der Waals surface area contributed by atoms with Crippen molar-refractivity contribution in [3.05, 3.63) is 33.6 Å². The molecule has 1 aromatic carbocycles. The van der Waals surface area contributed by atoms with Crippen molar-refractivity contribution in [2.24, 2.45) is 11.8 Å². The standard InChI is InChI=1S/C16H22Cl2FN/c1-10-5-3-4-6-12(10)9-20-11(2)13-7-16(19)15(18)8-14(13)17/h7-8,10-12,20H,3-6,9H2,1-2H3. The Kier molecular flexibility index (Phi) is 5.71.